The SMILES string of the molecule is CCC1(CC)CC(=O)N(Cc2cccc(C(=O)N[C@@H]3c4ccccc4OC(C)(C)[C@H]3C)c2)C(=N)N1. The van der Waals surface area contributed by atoms with Gasteiger partial charge < -0.3 is 15.4 Å². The lowest BCUT2D eigenvalue weighted by molar-refractivity contribution is -0.131. The fourth-order valence-electron chi connectivity index (χ4n) is 5.01. The average molecular weight is 477 g/mol. The lowest BCUT2D eigenvalue weighted by Gasteiger charge is -2.43. The molecular formula is C28H36N4O3. The van der Waals surface area contributed by atoms with Gasteiger partial charge in [-0.3, -0.25) is 19.9 Å². The second-order valence-corrected chi connectivity index (χ2v) is 10.3. The molecule has 7 nitrogen and oxygen atoms in total. The molecule has 3 N–H and O–H groups in total. The van der Waals surface area contributed by atoms with Gasteiger partial charge in [0.2, 0.25) is 5.91 Å². The summed E-state index contributed by atoms with van der Waals surface area (Å²) in [5, 5.41) is 14.9. The second-order valence-electron chi connectivity index (χ2n) is 10.3. The minimum absolute atomic E-state index is 0.0550. The highest BCUT2D eigenvalue weighted by atomic mass is 16.5. The van der Waals surface area contributed by atoms with Gasteiger partial charge in [-0.1, -0.05) is 51.1 Å². The second kappa shape index (κ2) is 9.36. The van der Waals surface area contributed by atoms with E-state index in [9.17, 15) is 9.59 Å². The van der Waals surface area contributed by atoms with E-state index in [1.165, 1.54) is 4.90 Å². The van der Waals surface area contributed by atoms with Crippen LogP contribution in [-0.4, -0.2) is 33.8 Å². The van der Waals surface area contributed by atoms with Crippen LogP contribution in [0.2, 0.25) is 0 Å². The van der Waals surface area contributed by atoms with Gasteiger partial charge >= 0.3 is 0 Å². The van der Waals surface area contributed by atoms with Gasteiger partial charge in [-0.2, -0.15) is 0 Å². The van der Waals surface area contributed by atoms with E-state index in [0.29, 0.717) is 12.0 Å². The van der Waals surface area contributed by atoms with Crippen LogP contribution in [0, 0.1) is 11.3 Å². The fourth-order valence-corrected chi connectivity index (χ4v) is 5.01. The Labute approximate surface area is 207 Å². The summed E-state index contributed by atoms with van der Waals surface area (Å²) in [4.78, 5) is 27.7. The molecule has 0 bridgehead atoms. The number of para-hydroxylation sites is 1. The summed E-state index contributed by atoms with van der Waals surface area (Å²) in [5.74, 6) is 0.723. The summed E-state index contributed by atoms with van der Waals surface area (Å²) < 4.78 is 6.19. The van der Waals surface area contributed by atoms with Crippen LogP contribution in [0.15, 0.2) is 48.5 Å². The van der Waals surface area contributed by atoms with E-state index in [0.717, 1.165) is 29.7 Å². The molecule has 7 heteroatoms. The molecule has 2 aliphatic heterocycles. The first-order chi connectivity index (χ1) is 16.6. The van der Waals surface area contributed by atoms with Crippen molar-refractivity contribution in [2.24, 2.45) is 5.92 Å². The highest BCUT2D eigenvalue weighted by molar-refractivity contribution is 5.99. The Morgan fingerprint density at radius 2 is 1.89 bits per heavy atom. The van der Waals surface area contributed by atoms with Gasteiger partial charge in [0.1, 0.15) is 11.4 Å². The Hall–Kier alpha value is -3.35. The molecule has 0 spiro atoms. The monoisotopic (exact) mass is 476 g/mol. The van der Waals surface area contributed by atoms with Crippen molar-refractivity contribution >= 4 is 17.8 Å². The molecule has 2 aromatic rings. The van der Waals surface area contributed by atoms with Crippen LogP contribution in [0.3, 0.4) is 0 Å². The highest BCUT2D eigenvalue weighted by Crippen LogP contribution is 2.43. The number of amides is 2. The largest absolute Gasteiger partial charge is 0.487 e. The number of rotatable bonds is 6. The predicted octanol–water partition coefficient (Wildman–Crippen LogP) is 4.78. The Bertz CT molecular complexity index is 1120. The van der Waals surface area contributed by atoms with Gasteiger partial charge in [-0.25, -0.2) is 0 Å². The molecule has 2 amide bonds. The molecule has 2 atom stereocenters. The van der Waals surface area contributed by atoms with Gasteiger partial charge in [-0.15, -0.1) is 0 Å². The van der Waals surface area contributed by atoms with Gasteiger partial charge in [0, 0.05) is 22.6 Å². The lowest BCUT2D eigenvalue weighted by atomic mass is 9.79. The molecule has 0 unspecified atom stereocenters. The number of nitrogens with one attached hydrogen (secondary N) is 3. The minimum atomic E-state index is -0.428. The maximum Gasteiger partial charge on any atom is 0.251 e. The Balaban J connectivity index is 1.51. The van der Waals surface area contributed by atoms with Crippen LogP contribution in [0.5, 0.6) is 5.75 Å². The number of carbonyl (C=O) groups excluding carboxylic acids is 2. The maximum atomic E-state index is 13.3. The molecule has 35 heavy (non-hydrogen) atoms. The van der Waals surface area contributed by atoms with Crippen molar-refractivity contribution in [1.82, 2.24) is 15.5 Å². The molecule has 0 aromatic heterocycles. The van der Waals surface area contributed by atoms with Gasteiger partial charge in [-0.05, 0) is 50.5 Å². The van der Waals surface area contributed by atoms with E-state index < -0.39 is 5.60 Å². The van der Waals surface area contributed by atoms with E-state index in [-0.39, 0.29) is 41.8 Å². The van der Waals surface area contributed by atoms with Crippen molar-refractivity contribution < 1.29 is 14.3 Å². The third-order valence-electron chi connectivity index (χ3n) is 7.84. The van der Waals surface area contributed by atoms with E-state index in [1.807, 2.05) is 64.1 Å². The van der Waals surface area contributed by atoms with E-state index in [1.54, 1.807) is 12.1 Å². The van der Waals surface area contributed by atoms with E-state index in [4.69, 9.17) is 10.1 Å². The van der Waals surface area contributed by atoms with Crippen molar-refractivity contribution in [3.05, 3.63) is 65.2 Å². The summed E-state index contributed by atoms with van der Waals surface area (Å²) in [5.41, 5.74) is 1.52. The smallest absolute Gasteiger partial charge is 0.251 e. The normalized spacial score (nSPS) is 22.6. The van der Waals surface area contributed by atoms with Crippen LogP contribution in [-0.2, 0) is 11.3 Å². The zero-order chi connectivity index (χ0) is 25.4. The molecular weight excluding hydrogens is 440 g/mol. The number of benzene rings is 2. The highest BCUT2D eigenvalue weighted by Gasteiger charge is 2.42. The molecule has 0 aliphatic carbocycles. The average Bonchev–Trinajstić information content (AvgIpc) is 2.84. The topological polar surface area (TPSA) is 94.5 Å². The number of carbonyl (C=O) groups is 2. The molecule has 186 valence electrons. The van der Waals surface area contributed by atoms with Crippen LogP contribution in [0.25, 0.3) is 0 Å². The predicted molar refractivity (Wildman–Crippen MR) is 136 cm³/mol. The number of guanidine groups is 1. The van der Waals surface area contributed by atoms with Crippen LogP contribution < -0.4 is 15.4 Å². The summed E-state index contributed by atoms with van der Waals surface area (Å²) in [6.07, 6.45) is 1.93. The van der Waals surface area contributed by atoms with Crippen LogP contribution >= 0.6 is 0 Å². The zero-order valence-electron chi connectivity index (χ0n) is 21.3. The van der Waals surface area contributed by atoms with Gasteiger partial charge in [0.25, 0.3) is 5.91 Å². The van der Waals surface area contributed by atoms with Gasteiger partial charge in [0.15, 0.2) is 5.96 Å². The number of fused-ring (bicyclic) bond motifs is 1. The van der Waals surface area contributed by atoms with Crippen molar-refractivity contribution in [1.29, 1.82) is 5.41 Å². The van der Waals surface area contributed by atoms with Crippen LogP contribution in [0.4, 0.5) is 0 Å². The molecule has 1 saturated heterocycles. The molecule has 0 radical (unpaired) electrons. The summed E-state index contributed by atoms with van der Waals surface area (Å²) in [7, 11) is 0. The first-order valence-corrected chi connectivity index (χ1v) is 12.4. The third-order valence-corrected chi connectivity index (χ3v) is 7.84. The van der Waals surface area contributed by atoms with Crippen molar-refractivity contribution in [3.63, 3.8) is 0 Å². The number of hydrogen-bond donors (Lipinski definition) is 3. The van der Waals surface area contributed by atoms with E-state index in [2.05, 4.69) is 17.6 Å². The van der Waals surface area contributed by atoms with Crippen molar-refractivity contribution in [3.8, 4) is 5.75 Å². The Morgan fingerprint density at radius 3 is 2.57 bits per heavy atom. The molecule has 0 saturated carbocycles. The zero-order valence-corrected chi connectivity index (χ0v) is 21.3. The summed E-state index contributed by atoms with van der Waals surface area (Å²) in [6, 6.07) is 14.9. The molecule has 2 aliphatic rings. The number of ether oxygens (including phenoxy) is 1. The molecule has 2 aromatic carbocycles. The quantitative estimate of drug-likeness (QED) is 0.559. The first-order valence-electron chi connectivity index (χ1n) is 12.4. The Morgan fingerprint density at radius 1 is 1.17 bits per heavy atom. The number of hydrogen-bond acceptors (Lipinski definition) is 4. The maximum absolute atomic E-state index is 13.3. The van der Waals surface area contributed by atoms with E-state index >= 15 is 0 Å². The lowest BCUT2D eigenvalue weighted by Crippen LogP contribution is -2.61. The summed E-state index contributed by atoms with van der Waals surface area (Å²) >= 11 is 0. The van der Waals surface area contributed by atoms with Crippen molar-refractivity contribution in [2.75, 3.05) is 0 Å². The van der Waals surface area contributed by atoms with Crippen molar-refractivity contribution in [2.45, 2.75) is 77.6 Å². The number of nitrogens with zero attached hydrogens (tertiary/aromatic N) is 1. The minimum Gasteiger partial charge on any atom is -0.487 e. The molecule has 2 heterocycles. The molecule has 1 fully saturated rings. The molecule has 4 rings (SSSR count). The van der Waals surface area contributed by atoms with Crippen LogP contribution in [0.1, 0.15) is 81.4 Å². The Kier molecular flexibility index (Phi) is 6.62. The van der Waals surface area contributed by atoms with Gasteiger partial charge in [0.05, 0.1) is 19.0 Å². The summed E-state index contributed by atoms with van der Waals surface area (Å²) in [6.45, 7) is 10.5. The third kappa shape index (κ3) is 4.77. The fraction of sp³-hybridized carbons (Fsp3) is 0.464. The standard InChI is InChI=1S/C28H36N4O3/c1-6-28(7-2)16-23(33)32(26(29)31-28)17-19-11-10-12-20(15-19)25(34)30-24-18(3)27(4,5)35-22-14-9-8-13-21(22)24/h8-15,18,24H,6-7,16-17H2,1-5H3,(H2,29,31)(H,30,34)/t18-,24-/m0/s1. The first kappa shape index (κ1) is 24.8.